The summed E-state index contributed by atoms with van der Waals surface area (Å²) >= 11 is 1.30. The van der Waals surface area contributed by atoms with Crippen LogP contribution in [0.15, 0.2) is 0 Å². The zero-order valence-corrected chi connectivity index (χ0v) is 6.58. The van der Waals surface area contributed by atoms with Gasteiger partial charge in [0, 0.05) is 5.25 Å². The molecule has 0 aromatic carbocycles. The third-order valence-electron chi connectivity index (χ3n) is 1.63. The first-order valence-corrected chi connectivity index (χ1v) is 4.25. The van der Waals surface area contributed by atoms with Crippen molar-refractivity contribution in [3.05, 3.63) is 0 Å². The van der Waals surface area contributed by atoms with Crippen LogP contribution >= 0.6 is 11.8 Å². The number of aliphatic hydroxyl groups excluding tert-OH is 3. The second kappa shape index (κ2) is 3.09. The fourth-order valence-corrected chi connectivity index (χ4v) is 2.17. The van der Waals surface area contributed by atoms with Gasteiger partial charge in [-0.05, 0) is 6.42 Å². The summed E-state index contributed by atoms with van der Waals surface area (Å²) in [6.45, 7) is 1.92. The summed E-state index contributed by atoms with van der Waals surface area (Å²) in [6.07, 6.45) is -1.17. The molecular formula is C6H12O3S. The number of thioether (sulfide) groups is 1. The van der Waals surface area contributed by atoms with Crippen LogP contribution in [0.3, 0.4) is 0 Å². The van der Waals surface area contributed by atoms with Crippen LogP contribution in [0.4, 0.5) is 0 Å². The van der Waals surface area contributed by atoms with E-state index in [0.29, 0.717) is 6.42 Å². The number of hydrogen-bond donors (Lipinski definition) is 3. The van der Waals surface area contributed by atoms with E-state index in [4.69, 9.17) is 15.3 Å². The maximum Gasteiger partial charge on any atom is 0.128 e. The first-order valence-electron chi connectivity index (χ1n) is 3.31. The van der Waals surface area contributed by atoms with Crippen LogP contribution in [-0.2, 0) is 0 Å². The first kappa shape index (κ1) is 8.33. The topological polar surface area (TPSA) is 60.7 Å². The van der Waals surface area contributed by atoms with Crippen molar-refractivity contribution in [2.75, 3.05) is 0 Å². The molecule has 3 N–H and O–H groups in total. The Morgan fingerprint density at radius 2 is 1.90 bits per heavy atom. The molecule has 1 rings (SSSR count). The van der Waals surface area contributed by atoms with Crippen molar-refractivity contribution in [3.8, 4) is 0 Å². The molecule has 0 aromatic heterocycles. The molecule has 1 aliphatic heterocycles. The molecule has 1 saturated heterocycles. The summed E-state index contributed by atoms with van der Waals surface area (Å²) in [5.74, 6) is 0. The number of rotatable bonds is 0. The molecule has 0 bridgehead atoms. The normalized spacial score (nSPS) is 49.2. The molecule has 1 aliphatic rings. The average molecular weight is 164 g/mol. The second-order valence-corrected chi connectivity index (χ2v) is 4.19. The predicted octanol–water partition coefficient (Wildman–Crippen LogP) is -0.448. The molecule has 0 amide bonds. The molecule has 60 valence electrons. The quantitative estimate of drug-likeness (QED) is 0.454. The summed E-state index contributed by atoms with van der Waals surface area (Å²) in [5, 5.41) is 27.4. The zero-order chi connectivity index (χ0) is 7.72. The molecule has 0 aromatic rings. The molecule has 10 heavy (non-hydrogen) atoms. The summed E-state index contributed by atoms with van der Waals surface area (Å²) < 4.78 is 0. The summed E-state index contributed by atoms with van der Waals surface area (Å²) in [7, 11) is 0. The lowest BCUT2D eigenvalue weighted by Crippen LogP contribution is -2.42. The van der Waals surface area contributed by atoms with Crippen LogP contribution in [0.25, 0.3) is 0 Å². The summed E-state index contributed by atoms with van der Waals surface area (Å²) in [6, 6.07) is 0. The summed E-state index contributed by atoms with van der Waals surface area (Å²) in [5.41, 5.74) is -0.821. The molecule has 0 saturated carbocycles. The van der Waals surface area contributed by atoms with Crippen LogP contribution in [0.1, 0.15) is 13.3 Å². The highest BCUT2D eigenvalue weighted by Gasteiger charge is 2.32. The van der Waals surface area contributed by atoms with E-state index in [9.17, 15) is 0 Å². The minimum absolute atomic E-state index is 0.230. The molecule has 1 unspecified atom stereocenters. The van der Waals surface area contributed by atoms with Crippen molar-refractivity contribution >= 4 is 11.8 Å². The van der Waals surface area contributed by atoms with E-state index in [1.165, 1.54) is 11.8 Å². The van der Waals surface area contributed by atoms with Crippen LogP contribution < -0.4 is 0 Å². The molecule has 1 heterocycles. The standard InChI is InChI=1S/C6H12O3S/c1-3-2-4(7)5(8)6(9)10-3/h3-9H,2H2,1H3/t3-,4+,5-,6?/m1/s1. The van der Waals surface area contributed by atoms with E-state index in [1.54, 1.807) is 0 Å². The van der Waals surface area contributed by atoms with Crippen molar-refractivity contribution in [1.82, 2.24) is 0 Å². The molecule has 1 fully saturated rings. The fraction of sp³-hybridized carbons (Fsp3) is 1.00. The van der Waals surface area contributed by atoms with Gasteiger partial charge in [-0.3, -0.25) is 0 Å². The van der Waals surface area contributed by atoms with E-state index in [1.807, 2.05) is 6.92 Å². The van der Waals surface area contributed by atoms with E-state index >= 15 is 0 Å². The molecular weight excluding hydrogens is 152 g/mol. The van der Waals surface area contributed by atoms with Crippen molar-refractivity contribution in [2.24, 2.45) is 0 Å². The minimum Gasteiger partial charge on any atom is -0.390 e. The lowest BCUT2D eigenvalue weighted by molar-refractivity contribution is -0.0356. The minimum atomic E-state index is -0.971. The Kier molecular flexibility index (Phi) is 2.57. The molecule has 0 spiro atoms. The average Bonchev–Trinajstić information content (AvgIpc) is 1.82. The van der Waals surface area contributed by atoms with Crippen LogP contribution in [-0.4, -0.2) is 38.2 Å². The van der Waals surface area contributed by atoms with Gasteiger partial charge in [0.15, 0.2) is 0 Å². The van der Waals surface area contributed by atoms with Gasteiger partial charge in [-0.25, -0.2) is 0 Å². The van der Waals surface area contributed by atoms with E-state index < -0.39 is 17.6 Å². The molecule has 0 radical (unpaired) electrons. The predicted molar refractivity (Wildman–Crippen MR) is 39.7 cm³/mol. The summed E-state index contributed by atoms with van der Waals surface area (Å²) in [4.78, 5) is 0. The third kappa shape index (κ3) is 1.63. The van der Waals surface area contributed by atoms with Gasteiger partial charge in [0.25, 0.3) is 0 Å². The highest BCUT2D eigenvalue weighted by molar-refractivity contribution is 8.00. The Morgan fingerprint density at radius 1 is 1.30 bits per heavy atom. The zero-order valence-electron chi connectivity index (χ0n) is 5.77. The fourth-order valence-electron chi connectivity index (χ4n) is 1.04. The third-order valence-corrected chi connectivity index (χ3v) is 2.85. The molecule has 4 heteroatoms. The van der Waals surface area contributed by atoms with Gasteiger partial charge < -0.3 is 15.3 Å². The largest absolute Gasteiger partial charge is 0.390 e. The maximum atomic E-state index is 9.10. The van der Waals surface area contributed by atoms with E-state index in [0.717, 1.165) is 0 Å². The Balaban J connectivity index is 2.49. The van der Waals surface area contributed by atoms with Crippen LogP contribution in [0, 0.1) is 0 Å². The molecule has 4 atom stereocenters. The van der Waals surface area contributed by atoms with E-state index in [-0.39, 0.29) is 5.25 Å². The Hall–Kier alpha value is 0.230. The van der Waals surface area contributed by atoms with Gasteiger partial charge >= 0.3 is 0 Å². The van der Waals surface area contributed by atoms with Gasteiger partial charge in [-0.15, -0.1) is 11.8 Å². The highest BCUT2D eigenvalue weighted by atomic mass is 32.2. The second-order valence-electron chi connectivity index (χ2n) is 2.63. The first-order chi connectivity index (χ1) is 4.61. The van der Waals surface area contributed by atoms with Crippen LogP contribution in [0.5, 0.6) is 0 Å². The maximum absolute atomic E-state index is 9.10. The van der Waals surface area contributed by atoms with Crippen molar-refractivity contribution in [1.29, 1.82) is 0 Å². The van der Waals surface area contributed by atoms with Crippen molar-refractivity contribution in [3.63, 3.8) is 0 Å². The SMILES string of the molecule is C[C@@H]1C[C@H](O)[C@@H](O)C(O)S1. The number of aliphatic hydroxyl groups is 3. The highest BCUT2D eigenvalue weighted by Crippen LogP contribution is 2.30. The van der Waals surface area contributed by atoms with Crippen LogP contribution in [0.2, 0.25) is 0 Å². The lowest BCUT2D eigenvalue weighted by atomic mass is 10.1. The Morgan fingerprint density at radius 3 is 2.40 bits per heavy atom. The Bertz CT molecular complexity index is 108. The molecule has 3 nitrogen and oxygen atoms in total. The lowest BCUT2D eigenvalue weighted by Gasteiger charge is -2.31. The van der Waals surface area contributed by atoms with Crippen molar-refractivity contribution in [2.45, 2.75) is 36.2 Å². The monoisotopic (exact) mass is 164 g/mol. The Labute approximate surface area is 64.1 Å². The van der Waals surface area contributed by atoms with Gasteiger partial charge in [-0.2, -0.15) is 0 Å². The van der Waals surface area contributed by atoms with E-state index in [2.05, 4.69) is 0 Å². The number of hydrogen-bond acceptors (Lipinski definition) is 4. The van der Waals surface area contributed by atoms with Gasteiger partial charge in [-0.1, -0.05) is 6.92 Å². The smallest absolute Gasteiger partial charge is 0.128 e. The van der Waals surface area contributed by atoms with Gasteiger partial charge in [0.05, 0.1) is 6.10 Å². The molecule has 0 aliphatic carbocycles. The van der Waals surface area contributed by atoms with Gasteiger partial charge in [0.1, 0.15) is 11.5 Å². The van der Waals surface area contributed by atoms with Crippen molar-refractivity contribution < 1.29 is 15.3 Å². The van der Waals surface area contributed by atoms with Gasteiger partial charge in [0.2, 0.25) is 0 Å².